The molecule has 128 valence electrons. The first kappa shape index (κ1) is 17.7. The van der Waals surface area contributed by atoms with Crippen LogP contribution in [-0.4, -0.2) is 38.0 Å². The predicted octanol–water partition coefficient (Wildman–Crippen LogP) is 3.55. The second-order valence-corrected chi connectivity index (χ2v) is 7.04. The molecule has 1 amide bonds. The normalized spacial score (nSPS) is 13.4. The minimum Gasteiger partial charge on any atom is -0.486 e. The van der Waals surface area contributed by atoms with E-state index in [0.29, 0.717) is 26.3 Å². The smallest absolute Gasteiger partial charge is 0.407 e. The number of fused-ring (bicyclic) bond motifs is 1. The topological polar surface area (TPSA) is 68.8 Å². The van der Waals surface area contributed by atoms with Gasteiger partial charge >= 0.3 is 6.09 Å². The SMILES string of the molecule is CC(C)(C)OC(=O)NCCCNc1cc2c(cc1Br)OCCO2. The lowest BCUT2D eigenvalue weighted by molar-refractivity contribution is 0.0528. The fraction of sp³-hybridized carbons (Fsp3) is 0.562. The summed E-state index contributed by atoms with van der Waals surface area (Å²) in [7, 11) is 0. The molecule has 0 radical (unpaired) electrons. The molecule has 0 fully saturated rings. The molecular formula is C16H23BrN2O4. The first-order valence-corrected chi connectivity index (χ1v) is 8.44. The van der Waals surface area contributed by atoms with Crippen molar-refractivity contribution < 1.29 is 19.0 Å². The molecule has 0 bridgehead atoms. The number of halogens is 1. The van der Waals surface area contributed by atoms with Gasteiger partial charge in [-0.2, -0.15) is 0 Å². The fourth-order valence-electron chi connectivity index (χ4n) is 2.02. The van der Waals surface area contributed by atoms with E-state index in [1.807, 2.05) is 32.9 Å². The number of nitrogens with one attached hydrogen (secondary N) is 2. The number of carbonyl (C=O) groups excluding carboxylic acids is 1. The summed E-state index contributed by atoms with van der Waals surface area (Å²) < 4.78 is 17.2. The second kappa shape index (κ2) is 7.77. The maximum absolute atomic E-state index is 11.5. The molecule has 2 N–H and O–H groups in total. The largest absolute Gasteiger partial charge is 0.486 e. The molecule has 7 heteroatoms. The lowest BCUT2D eigenvalue weighted by Gasteiger charge is -2.20. The van der Waals surface area contributed by atoms with E-state index in [1.54, 1.807) is 0 Å². The number of rotatable bonds is 5. The van der Waals surface area contributed by atoms with Crippen LogP contribution in [-0.2, 0) is 4.74 Å². The van der Waals surface area contributed by atoms with Gasteiger partial charge in [-0.3, -0.25) is 0 Å². The Kier molecular flexibility index (Phi) is 5.98. The van der Waals surface area contributed by atoms with E-state index < -0.39 is 11.7 Å². The van der Waals surface area contributed by atoms with Crippen LogP contribution in [0.5, 0.6) is 11.5 Å². The lowest BCUT2D eigenvalue weighted by atomic mass is 10.2. The molecule has 23 heavy (non-hydrogen) atoms. The van der Waals surface area contributed by atoms with Crippen molar-refractivity contribution in [2.45, 2.75) is 32.8 Å². The highest BCUT2D eigenvalue weighted by Gasteiger charge is 2.16. The molecule has 1 aliphatic heterocycles. The quantitative estimate of drug-likeness (QED) is 0.757. The first-order chi connectivity index (χ1) is 10.8. The highest BCUT2D eigenvalue weighted by atomic mass is 79.9. The second-order valence-electron chi connectivity index (χ2n) is 6.18. The van der Waals surface area contributed by atoms with E-state index in [1.165, 1.54) is 0 Å². The summed E-state index contributed by atoms with van der Waals surface area (Å²) >= 11 is 3.51. The average Bonchev–Trinajstić information content (AvgIpc) is 2.45. The van der Waals surface area contributed by atoms with Crippen LogP contribution >= 0.6 is 15.9 Å². The third-order valence-electron chi connectivity index (χ3n) is 2.97. The fourth-order valence-corrected chi connectivity index (χ4v) is 2.48. The molecule has 0 aliphatic carbocycles. The highest BCUT2D eigenvalue weighted by Crippen LogP contribution is 2.38. The monoisotopic (exact) mass is 386 g/mol. The third kappa shape index (κ3) is 5.82. The van der Waals surface area contributed by atoms with Crippen molar-refractivity contribution in [2.75, 3.05) is 31.6 Å². The van der Waals surface area contributed by atoms with E-state index in [-0.39, 0.29) is 0 Å². The van der Waals surface area contributed by atoms with Crippen LogP contribution in [0.4, 0.5) is 10.5 Å². The molecule has 6 nitrogen and oxygen atoms in total. The van der Waals surface area contributed by atoms with Crippen LogP contribution in [0.25, 0.3) is 0 Å². The summed E-state index contributed by atoms with van der Waals surface area (Å²) in [5.41, 5.74) is 0.463. The maximum Gasteiger partial charge on any atom is 0.407 e. The molecule has 1 heterocycles. The Morgan fingerprint density at radius 3 is 2.52 bits per heavy atom. The highest BCUT2D eigenvalue weighted by molar-refractivity contribution is 9.10. The number of hydrogen-bond donors (Lipinski definition) is 2. The lowest BCUT2D eigenvalue weighted by Crippen LogP contribution is -2.33. The number of carbonyl (C=O) groups is 1. The van der Waals surface area contributed by atoms with Crippen LogP contribution in [0.3, 0.4) is 0 Å². The van der Waals surface area contributed by atoms with Gasteiger partial charge in [-0.05, 0) is 43.1 Å². The Bertz CT molecular complexity index is 558. The van der Waals surface area contributed by atoms with Gasteiger partial charge in [0.25, 0.3) is 0 Å². The Balaban J connectivity index is 1.73. The standard InChI is InChI=1S/C16H23BrN2O4/c1-16(2,3)23-15(20)19-6-4-5-18-12-10-14-13(9-11(12)17)21-7-8-22-14/h9-10,18H,4-8H2,1-3H3,(H,19,20). The minimum atomic E-state index is -0.474. The molecule has 1 aliphatic rings. The zero-order chi connectivity index (χ0) is 16.9. The Hall–Kier alpha value is -1.63. The van der Waals surface area contributed by atoms with E-state index >= 15 is 0 Å². The average molecular weight is 387 g/mol. The van der Waals surface area contributed by atoms with Crippen molar-refractivity contribution in [1.82, 2.24) is 5.32 Å². The molecule has 0 spiro atoms. The van der Waals surface area contributed by atoms with Gasteiger partial charge in [0.2, 0.25) is 0 Å². The van der Waals surface area contributed by atoms with Gasteiger partial charge in [-0.1, -0.05) is 0 Å². The van der Waals surface area contributed by atoms with Crippen LogP contribution in [0.1, 0.15) is 27.2 Å². The number of hydrogen-bond acceptors (Lipinski definition) is 5. The number of benzene rings is 1. The number of alkyl carbamates (subject to hydrolysis) is 1. The van der Waals surface area contributed by atoms with Gasteiger partial charge in [-0.25, -0.2) is 4.79 Å². The number of amides is 1. The van der Waals surface area contributed by atoms with Gasteiger partial charge in [0.15, 0.2) is 11.5 Å². The Morgan fingerprint density at radius 2 is 1.87 bits per heavy atom. The first-order valence-electron chi connectivity index (χ1n) is 7.65. The Morgan fingerprint density at radius 1 is 1.22 bits per heavy atom. The van der Waals surface area contributed by atoms with Crippen molar-refractivity contribution in [3.05, 3.63) is 16.6 Å². The zero-order valence-electron chi connectivity index (χ0n) is 13.7. The molecule has 0 atom stereocenters. The number of ether oxygens (including phenoxy) is 3. The van der Waals surface area contributed by atoms with Crippen LogP contribution < -0.4 is 20.1 Å². The Labute approximate surface area is 145 Å². The molecule has 2 rings (SSSR count). The molecule has 0 saturated carbocycles. The van der Waals surface area contributed by atoms with Crippen LogP contribution in [0.15, 0.2) is 16.6 Å². The summed E-state index contributed by atoms with van der Waals surface area (Å²) in [6, 6.07) is 3.82. The van der Waals surface area contributed by atoms with Gasteiger partial charge in [0.05, 0.1) is 5.69 Å². The van der Waals surface area contributed by atoms with Gasteiger partial charge < -0.3 is 24.8 Å². The maximum atomic E-state index is 11.5. The van der Waals surface area contributed by atoms with Gasteiger partial charge in [0, 0.05) is 29.7 Å². The van der Waals surface area contributed by atoms with E-state index in [9.17, 15) is 4.79 Å². The zero-order valence-corrected chi connectivity index (χ0v) is 15.3. The summed E-state index contributed by atoms with van der Waals surface area (Å²) in [5, 5.41) is 6.04. The number of anilines is 1. The third-order valence-corrected chi connectivity index (χ3v) is 3.63. The molecule has 0 aromatic heterocycles. The van der Waals surface area contributed by atoms with Crippen LogP contribution in [0, 0.1) is 0 Å². The van der Waals surface area contributed by atoms with Crippen molar-refractivity contribution in [3.63, 3.8) is 0 Å². The summed E-state index contributed by atoms with van der Waals surface area (Å²) in [6.07, 6.45) is 0.387. The van der Waals surface area contributed by atoms with Crippen molar-refractivity contribution in [1.29, 1.82) is 0 Å². The molecule has 0 unspecified atom stereocenters. The van der Waals surface area contributed by atoms with Gasteiger partial charge in [0.1, 0.15) is 18.8 Å². The summed E-state index contributed by atoms with van der Waals surface area (Å²) in [5.74, 6) is 1.49. The van der Waals surface area contributed by atoms with E-state index in [2.05, 4.69) is 26.6 Å². The molecule has 0 saturated heterocycles. The van der Waals surface area contributed by atoms with Crippen LogP contribution in [0.2, 0.25) is 0 Å². The van der Waals surface area contributed by atoms with Gasteiger partial charge in [-0.15, -0.1) is 0 Å². The molecule has 1 aromatic carbocycles. The molecular weight excluding hydrogens is 364 g/mol. The van der Waals surface area contributed by atoms with E-state index in [0.717, 1.165) is 28.1 Å². The predicted molar refractivity (Wildman–Crippen MR) is 92.5 cm³/mol. The summed E-state index contributed by atoms with van der Waals surface area (Å²) in [6.45, 7) is 7.92. The minimum absolute atomic E-state index is 0.391. The summed E-state index contributed by atoms with van der Waals surface area (Å²) in [4.78, 5) is 11.5. The van der Waals surface area contributed by atoms with Crippen molar-refractivity contribution in [3.8, 4) is 11.5 Å². The van der Waals surface area contributed by atoms with Crippen molar-refractivity contribution in [2.24, 2.45) is 0 Å². The van der Waals surface area contributed by atoms with Crippen molar-refractivity contribution >= 4 is 27.7 Å². The van der Waals surface area contributed by atoms with E-state index in [4.69, 9.17) is 14.2 Å². The molecule has 1 aromatic rings.